The van der Waals surface area contributed by atoms with E-state index in [1.54, 1.807) is 7.11 Å². The van der Waals surface area contributed by atoms with E-state index in [-0.39, 0.29) is 11.9 Å². The lowest BCUT2D eigenvalue weighted by atomic mass is 9.79. The van der Waals surface area contributed by atoms with Crippen LogP contribution in [0.3, 0.4) is 0 Å². The third-order valence-corrected chi connectivity index (χ3v) is 3.89. The van der Waals surface area contributed by atoms with Crippen molar-refractivity contribution in [2.45, 2.75) is 52.1 Å². The molecule has 0 aromatic carbocycles. The lowest BCUT2D eigenvalue weighted by Gasteiger charge is -2.34. The van der Waals surface area contributed by atoms with E-state index in [1.165, 1.54) is 19.3 Å². The molecule has 0 aromatic heterocycles. The zero-order valence-corrected chi connectivity index (χ0v) is 12.2. The summed E-state index contributed by atoms with van der Waals surface area (Å²) >= 11 is 0. The Morgan fingerprint density at radius 1 is 1.39 bits per heavy atom. The molecule has 1 aliphatic rings. The van der Waals surface area contributed by atoms with Gasteiger partial charge in [-0.2, -0.15) is 0 Å². The van der Waals surface area contributed by atoms with E-state index in [0.29, 0.717) is 25.1 Å². The minimum atomic E-state index is -0.122. The molecule has 106 valence electrons. The van der Waals surface area contributed by atoms with E-state index in [2.05, 4.69) is 24.5 Å². The first-order chi connectivity index (χ1) is 8.54. The van der Waals surface area contributed by atoms with Crippen molar-refractivity contribution in [2.75, 3.05) is 20.3 Å². The number of nitrogens with one attached hydrogen (secondary N) is 2. The van der Waals surface area contributed by atoms with Crippen molar-refractivity contribution in [1.29, 1.82) is 0 Å². The molecule has 0 bridgehead atoms. The van der Waals surface area contributed by atoms with Crippen LogP contribution in [0, 0.1) is 11.8 Å². The summed E-state index contributed by atoms with van der Waals surface area (Å²) in [6.45, 7) is 7.68. The van der Waals surface area contributed by atoms with Gasteiger partial charge in [0.15, 0.2) is 0 Å². The van der Waals surface area contributed by atoms with Crippen LogP contribution < -0.4 is 10.6 Å². The first kappa shape index (κ1) is 15.4. The van der Waals surface area contributed by atoms with Gasteiger partial charge in [0.05, 0.1) is 12.6 Å². The van der Waals surface area contributed by atoms with E-state index >= 15 is 0 Å². The van der Waals surface area contributed by atoms with E-state index in [0.717, 1.165) is 5.92 Å². The van der Waals surface area contributed by atoms with Crippen molar-refractivity contribution in [1.82, 2.24) is 10.6 Å². The van der Waals surface area contributed by atoms with Gasteiger partial charge in [-0.05, 0) is 38.0 Å². The molecule has 1 fully saturated rings. The molecular weight excluding hydrogens is 228 g/mol. The Hall–Kier alpha value is -0.610. The van der Waals surface area contributed by atoms with E-state index in [4.69, 9.17) is 4.74 Å². The van der Waals surface area contributed by atoms with Gasteiger partial charge < -0.3 is 15.4 Å². The van der Waals surface area contributed by atoms with Crippen LogP contribution in [0.4, 0.5) is 0 Å². The van der Waals surface area contributed by atoms with Crippen molar-refractivity contribution in [2.24, 2.45) is 11.8 Å². The van der Waals surface area contributed by atoms with Crippen LogP contribution in [-0.4, -0.2) is 38.3 Å². The number of ether oxygens (including phenoxy) is 1. The second-order valence-electron chi connectivity index (χ2n) is 5.67. The van der Waals surface area contributed by atoms with Crippen LogP contribution in [0.5, 0.6) is 0 Å². The topological polar surface area (TPSA) is 50.4 Å². The van der Waals surface area contributed by atoms with Crippen LogP contribution in [0.2, 0.25) is 0 Å². The third-order valence-electron chi connectivity index (χ3n) is 3.89. The Morgan fingerprint density at radius 2 is 2.11 bits per heavy atom. The fourth-order valence-electron chi connectivity index (χ4n) is 2.74. The summed E-state index contributed by atoms with van der Waals surface area (Å²) in [7, 11) is 1.64. The molecule has 0 aromatic rings. The summed E-state index contributed by atoms with van der Waals surface area (Å²) in [5.74, 6) is 1.55. The highest BCUT2D eigenvalue weighted by Gasteiger charge is 2.27. The number of rotatable bonds is 6. The average Bonchev–Trinajstić information content (AvgIpc) is 2.32. The molecule has 0 spiro atoms. The van der Waals surface area contributed by atoms with Crippen LogP contribution in [0.25, 0.3) is 0 Å². The Morgan fingerprint density at radius 3 is 2.72 bits per heavy atom. The van der Waals surface area contributed by atoms with Gasteiger partial charge in [-0.25, -0.2) is 0 Å². The fraction of sp³-hybridized carbons (Fsp3) is 0.929. The lowest BCUT2D eigenvalue weighted by molar-refractivity contribution is -0.123. The third kappa shape index (κ3) is 4.94. The quantitative estimate of drug-likeness (QED) is 0.709. The van der Waals surface area contributed by atoms with Gasteiger partial charge >= 0.3 is 0 Å². The largest absolute Gasteiger partial charge is 0.383 e. The van der Waals surface area contributed by atoms with E-state index in [9.17, 15) is 4.79 Å². The zero-order valence-electron chi connectivity index (χ0n) is 12.2. The molecule has 1 saturated carbocycles. The molecule has 4 atom stereocenters. The van der Waals surface area contributed by atoms with Crippen molar-refractivity contribution >= 4 is 5.91 Å². The maximum absolute atomic E-state index is 11.8. The summed E-state index contributed by atoms with van der Waals surface area (Å²) in [5.41, 5.74) is 0. The summed E-state index contributed by atoms with van der Waals surface area (Å²) in [5, 5.41) is 6.33. The average molecular weight is 256 g/mol. The Balaban J connectivity index is 2.30. The van der Waals surface area contributed by atoms with Crippen LogP contribution in [0.15, 0.2) is 0 Å². The number of amides is 1. The number of carbonyl (C=O) groups excluding carboxylic acids is 1. The van der Waals surface area contributed by atoms with E-state index in [1.807, 2.05) is 6.92 Å². The predicted octanol–water partition coefficient (Wildman–Crippen LogP) is 1.55. The second kappa shape index (κ2) is 7.74. The highest BCUT2D eigenvalue weighted by atomic mass is 16.5. The van der Waals surface area contributed by atoms with Crippen molar-refractivity contribution in [3.63, 3.8) is 0 Å². The van der Waals surface area contributed by atoms with Gasteiger partial charge in [-0.15, -0.1) is 0 Å². The molecule has 1 aliphatic carbocycles. The van der Waals surface area contributed by atoms with Crippen LogP contribution >= 0.6 is 0 Å². The molecule has 4 unspecified atom stereocenters. The van der Waals surface area contributed by atoms with Gasteiger partial charge in [0, 0.05) is 19.7 Å². The molecule has 18 heavy (non-hydrogen) atoms. The summed E-state index contributed by atoms with van der Waals surface area (Å²) < 4.78 is 4.92. The van der Waals surface area contributed by atoms with Crippen molar-refractivity contribution in [3.05, 3.63) is 0 Å². The van der Waals surface area contributed by atoms with Gasteiger partial charge in [0.25, 0.3) is 0 Å². The molecule has 4 nitrogen and oxygen atoms in total. The first-order valence-corrected chi connectivity index (χ1v) is 7.07. The smallest absolute Gasteiger partial charge is 0.236 e. The summed E-state index contributed by atoms with van der Waals surface area (Å²) in [6, 6.07) is 0.354. The zero-order chi connectivity index (χ0) is 13.5. The van der Waals surface area contributed by atoms with Gasteiger partial charge in [0.1, 0.15) is 0 Å². The molecule has 0 aliphatic heterocycles. The molecule has 1 rings (SSSR count). The minimum absolute atomic E-state index is 0.0675. The first-order valence-electron chi connectivity index (χ1n) is 7.07. The van der Waals surface area contributed by atoms with Gasteiger partial charge in [-0.1, -0.05) is 13.8 Å². The molecular formula is C14H28N2O2. The van der Waals surface area contributed by atoms with Gasteiger partial charge in [0.2, 0.25) is 5.91 Å². The molecule has 0 heterocycles. The molecule has 1 amide bonds. The fourth-order valence-corrected chi connectivity index (χ4v) is 2.74. The van der Waals surface area contributed by atoms with Gasteiger partial charge in [-0.3, -0.25) is 4.79 Å². The van der Waals surface area contributed by atoms with Crippen molar-refractivity contribution in [3.8, 4) is 0 Å². The van der Waals surface area contributed by atoms with Crippen LogP contribution in [0.1, 0.15) is 40.0 Å². The number of methoxy groups -OCH3 is 1. The molecule has 2 N–H and O–H groups in total. The Labute approximate surface area is 111 Å². The predicted molar refractivity (Wildman–Crippen MR) is 73.5 cm³/mol. The van der Waals surface area contributed by atoms with Crippen molar-refractivity contribution < 1.29 is 9.53 Å². The Kier molecular flexibility index (Phi) is 6.65. The SMILES string of the molecule is COCCNC(=O)C(C)NC1CCC(C)CC1C. The lowest BCUT2D eigenvalue weighted by Crippen LogP contribution is -2.50. The standard InChI is InChI=1S/C14H28N2O2/c1-10-5-6-13(11(2)9-10)16-12(3)14(17)15-7-8-18-4/h10-13,16H,5-9H2,1-4H3,(H,15,17). The maximum Gasteiger partial charge on any atom is 0.236 e. The van der Waals surface area contributed by atoms with E-state index < -0.39 is 0 Å². The Bertz CT molecular complexity index is 258. The molecule has 0 radical (unpaired) electrons. The molecule has 4 heteroatoms. The normalized spacial score (nSPS) is 29.9. The second-order valence-corrected chi connectivity index (χ2v) is 5.67. The molecule has 0 saturated heterocycles. The summed E-state index contributed by atoms with van der Waals surface area (Å²) in [4.78, 5) is 11.8. The summed E-state index contributed by atoms with van der Waals surface area (Å²) in [6.07, 6.45) is 3.70. The monoisotopic (exact) mass is 256 g/mol. The van der Waals surface area contributed by atoms with Crippen LogP contribution in [-0.2, 0) is 9.53 Å². The number of hydrogen-bond acceptors (Lipinski definition) is 3. The number of carbonyl (C=O) groups is 1. The highest BCUT2D eigenvalue weighted by molar-refractivity contribution is 5.81. The highest BCUT2D eigenvalue weighted by Crippen LogP contribution is 2.28. The maximum atomic E-state index is 11.8. The minimum Gasteiger partial charge on any atom is -0.383 e. The number of hydrogen-bond donors (Lipinski definition) is 2.